The first kappa shape index (κ1) is 28.4. The molecule has 0 aliphatic rings. The van der Waals surface area contributed by atoms with Gasteiger partial charge in [-0.25, -0.2) is 8.42 Å². The Morgan fingerprint density at radius 2 is 1.92 bits per heavy atom. The Hall–Kier alpha value is -3.65. The van der Waals surface area contributed by atoms with E-state index in [1.807, 2.05) is 30.3 Å². The molecule has 0 unspecified atom stereocenters. The summed E-state index contributed by atoms with van der Waals surface area (Å²) < 4.78 is 36.1. The average molecular weight is 592 g/mol. The zero-order valence-corrected chi connectivity index (χ0v) is 23.1. The number of anilines is 1. The lowest BCUT2D eigenvalue weighted by molar-refractivity contribution is -0.137. The Morgan fingerprint density at radius 3 is 2.62 bits per heavy atom. The van der Waals surface area contributed by atoms with Gasteiger partial charge in [0.2, 0.25) is 5.91 Å². The van der Waals surface area contributed by atoms with Gasteiger partial charge in [-0.15, -0.1) is 11.3 Å². The van der Waals surface area contributed by atoms with E-state index in [1.165, 1.54) is 19.2 Å². The molecule has 4 aromatic rings. The van der Waals surface area contributed by atoms with E-state index in [1.54, 1.807) is 16.8 Å². The summed E-state index contributed by atoms with van der Waals surface area (Å²) in [6.07, 6.45) is -0.144. The van der Waals surface area contributed by atoms with Crippen LogP contribution >= 0.6 is 22.9 Å². The Bertz CT molecular complexity index is 1620. The van der Waals surface area contributed by atoms with Crippen LogP contribution in [-0.4, -0.2) is 48.3 Å². The van der Waals surface area contributed by atoms with Crippen LogP contribution < -0.4 is 20.5 Å². The molecule has 0 saturated carbocycles. The number of rotatable bonds is 12. The van der Waals surface area contributed by atoms with Gasteiger partial charge in [0, 0.05) is 13.0 Å². The van der Waals surface area contributed by atoms with Gasteiger partial charge in [-0.1, -0.05) is 41.9 Å². The molecule has 0 bridgehead atoms. The molecule has 0 saturated heterocycles. The van der Waals surface area contributed by atoms with Crippen LogP contribution in [0.15, 0.2) is 58.8 Å². The molecule has 39 heavy (non-hydrogen) atoms. The number of benzene rings is 2. The van der Waals surface area contributed by atoms with E-state index in [-0.39, 0.29) is 29.4 Å². The molecule has 0 aliphatic carbocycles. The first-order valence-electron chi connectivity index (χ1n) is 11.7. The van der Waals surface area contributed by atoms with Crippen molar-refractivity contribution >= 4 is 61.6 Å². The summed E-state index contributed by atoms with van der Waals surface area (Å²) in [7, 11) is -2.44. The number of aromatic nitrogens is 2. The molecule has 1 amide bonds. The molecular formula is C25H26ClN5O6S2. The van der Waals surface area contributed by atoms with Gasteiger partial charge in [0.1, 0.15) is 9.96 Å². The van der Waals surface area contributed by atoms with Gasteiger partial charge in [0.15, 0.2) is 5.82 Å². The fraction of sp³-hybridized carbons (Fsp3) is 0.240. The predicted octanol–water partition coefficient (Wildman–Crippen LogP) is 3.42. The molecule has 2 heterocycles. The minimum atomic E-state index is -3.94. The normalized spacial score (nSPS) is 12.3. The first-order valence-corrected chi connectivity index (χ1v) is 14.4. The van der Waals surface area contributed by atoms with Crippen LogP contribution in [0.4, 0.5) is 5.82 Å². The zero-order chi connectivity index (χ0) is 28.2. The van der Waals surface area contributed by atoms with Crippen molar-refractivity contribution < 1.29 is 27.9 Å². The molecule has 4 rings (SSSR count). The summed E-state index contributed by atoms with van der Waals surface area (Å²) in [5, 5.41) is 16.6. The van der Waals surface area contributed by atoms with Crippen molar-refractivity contribution in [1.82, 2.24) is 15.1 Å². The van der Waals surface area contributed by atoms with E-state index in [4.69, 9.17) is 27.2 Å². The maximum Gasteiger partial charge on any atom is 0.303 e. The monoisotopic (exact) mass is 591 g/mol. The van der Waals surface area contributed by atoms with Crippen molar-refractivity contribution in [2.45, 2.75) is 36.2 Å². The van der Waals surface area contributed by atoms with Gasteiger partial charge in [-0.3, -0.25) is 19.0 Å². The number of halogens is 1. The smallest absolute Gasteiger partial charge is 0.303 e. The van der Waals surface area contributed by atoms with Crippen molar-refractivity contribution in [2.75, 3.05) is 11.8 Å². The highest BCUT2D eigenvalue weighted by Gasteiger charge is 2.23. The lowest BCUT2D eigenvalue weighted by atomic mass is 10.1. The summed E-state index contributed by atoms with van der Waals surface area (Å²) in [4.78, 5) is 22.9. The number of nitrogens with zero attached hydrogens (tertiary/aromatic N) is 2. The van der Waals surface area contributed by atoms with Crippen molar-refractivity contribution in [1.29, 1.82) is 0 Å². The summed E-state index contributed by atoms with van der Waals surface area (Å²) in [5.74, 6) is -0.875. The molecule has 206 valence electrons. The van der Waals surface area contributed by atoms with Gasteiger partial charge < -0.3 is 20.9 Å². The van der Waals surface area contributed by atoms with Crippen LogP contribution in [0.5, 0.6) is 5.75 Å². The Balaban J connectivity index is 1.56. The number of hydrogen-bond acceptors (Lipinski definition) is 8. The molecule has 2 aromatic heterocycles. The maximum atomic E-state index is 13.0. The lowest BCUT2D eigenvalue weighted by Crippen LogP contribution is -2.40. The Labute approximate surface area is 233 Å². The van der Waals surface area contributed by atoms with Crippen LogP contribution in [0.3, 0.4) is 0 Å². The molecule has 0 aliphatic heterocycles. The number of methoxy groups -OCH3 is 1. The van der Waals surface area contributed by atoms with Gasteiger partial charge in [-0.05, 0) is 41.8 Å². The van der Waals surface area contributed by atoms with Crippen LogP contribution in [0, 0.1) is 0 Å². The van der Waals surface area contributed by atoms with E-state index < -0.39 is 27.9 Å². The zero-order valence-electron chi connectivity index (χ0n) is 20.8. The number of hydrogen-bond donors (Lipinski definition) is 4. The largest absolute Gasteiger partial charge is 0.496 e. The fourth-order valence-corrected chi connectivity index (χ4v) is 6.41. The van der Waals surface area contributed by atoms with Gasteiger partial charge in [0.05, 0.1) is 34.9 Å². The second-order valence-corrected chi connectivity index (χ2v) is 12.2. The SMILES string of the molecule is COc1cccc2c1c(NS(=O)(=O)c1ccc(Cl)s1)nn2Cc1cccc(CNC(=O)[C@@H](N)CCC(=O)O)c1. The molecule has 11 nitrogen and oxygen atoms in total. The van der Waals surface area contributed by atoms with Gasteiger partial charge >= 0.3 is 5.97 Å². The Morgan fingerprint density at radius 1 is 1.18 bits per heavy atom. The van der Waals surface area contributed by atoms with Crippen LogP contribution in [0.25, 0.3) is 10.9 Å². The second-order valence-electron chi connectivity index (χ2n) is 8.60. The number of thiophene rings is 1. The average Bonchev–Trinajstić information content (AvgIpc) is 3.50. The molecule has 0 fully saturated rings. The first-order chi connectivity index (χ1) is 18.6. The number of carboxylic acids is 1. The van der Waals surface area contributed by atoms with E-state index in [2.05, 4.69) is 15.1 Å². The molecule has 2 aromatic carbocycles. The number of nitrogens with one attached hydrogen (secondary N) is 2. The third-order valence-electron chi connectivity index (χ3n) is 5.80. The second kappa shape index (κ2) is 12.0. The van der Waals surface area contributed by atoms with E-state index >= 15 is 0 Å². The number of aliphatic carboxylic acids is 1. The van der Waals surface area contributed by atoms with Crippen LogP contribution in [-0.2, 0) is 32.7 Å². The quantitative estimate of drug-likeness (QED) is 0.194. The highest BCUT2D eigenvalue weighted by atomic mass is 35.5. The van der Waals surface area contributed by atoms with Crippen LogP contribution in [0.2, 0.25) is 4.34 Å². The highest BCUT2D eigenvalue weighted by Crippen LogP contribution is 2.35. The standard InChI is InChI=1S/C25H26ClN5O6S2/c1-37-19-7-3-6-18-23(19)24(30-39(35,36)22-11-9-20(26)38-22)29-31(18)14-16-5-2-4-15(12-16)13-28-25(34)17(27)8-10-21(32)33/h2-7,9,11-12,17H,8,10,13-14,27H2,1H3,(H,28,34)(H,29,30)(H,32,33)/t17-/m0/s1. The van der Waals surface area contributed by atoms with E-state index in [0.717, 1.165) is 22.5 Å². The number of amides is 1. The minimum Gasteiger partial charge on any atom is -0.496 e. The number of ether oxygens (including phenoxy) is 1. The molecule has 0 radical (unpaired) electrons. The number of carboxylic acid groups (broad SMARTS) is 1. The van der Waals surface area contributed by atoms with Gasteiger partial charge in [-0.2, -0.15) is 5.10 Å². The summed E-state index contributed by atoms with van der Waals surface area (Å²) in [6.45, 7) is 0.506. The topological polar surface area (TPSA) is 166 Å². The van der Waals surface area contributed by atoms with Gasteiger partial charge in [0.25, 0.3) is 10.0 Å². The van der Waals surface area contributed by atoms with Crippen molar-refractivity contribution in [3.05, 3.63) is 70.1 Å². The number of carbonyl (C=O) groups is 2. The molecule has 1 atom stereocenters. The van der Waals surface area contributed by atoms with E-state index in [0.29, 0.717) is 27.5 Å². The van der Waals surface area contributed by atoms with Crippen LogP contribution in [0.1, 0.15) is 24.0 Å². The molecule has 5 N–H and O–H groups in total. The number of carbonyl (C=O) groups excluding carboxylic acids is 1. The maximum absolute atomic E-state index is 13.0. The fourth-order valence-electron chi connectivity index (χ4n) is 3.92. The minimum absolute atomic E-state index is 0.0443. The summed E-state index contributed by atoms with van der Waals surface area (Å²) in [5.41, 5.74) is 8.08. The molecule has 0 spiro atoms. The lowest BCUT2D eigenvalue weighted by Gasteiger charge is -2.12. The third kappa shape index (κ3) is 6.87. The van der Waals surface area contributed by atoms with Crippen molar-refractivity contribution in [3.63, 3.8) is 0 Å². The predicted molar refractivity (Wildman–Crippen MR) is 149 cm³/mol. The number of fused-ring (bicyclic) bond motifs is 1. The van der Waals surface area contributed by atoms with E-state index in [9.17, 15) is 18.0 Å². The molecular weight excluding hydrogens is 566 g/mol. The number of nitrogens with two attached hydrogens (primary N) is 1. The van der Waals surface area contributed by atoms with Crippen molar-refractivity contribution in [2.24, 2.45) is 5.73 Å². The highest BCUT2D eigenvalue weighted by molar-refractivity contribution is 7.94. The molecule has 14 heteroatoms. The summed E-state index contributed by atoms with van der Waals surface area (Å²) in [6, 6.07) is 14.8. The summed E-state index contributed by atoms with van der Waals surface area (Å²) >= 11 is 6.87. The van der Waals surface area contributed by atoms with Crippen molar-refractivity contribution in [3.8, 4) is 5.75 Å². The Kier molecular flexibility index (Phi) is 8.75. The number of sulfonamides is 1. The third-order valence-corrected chi connectivity index (χ3v) is 8.86.